The number of hydrogen-bond acceptors (Lipinski definition) is 2. The van der Waals surface area contributed by atoms with E-state index in [1.807, 2.05) is 12.1 Å². The Labute approximate surface area is 152 Å². The highest BCUT2D eigenvalue weighted by Gasteiger charge is 2.22. The van der Waals surface area contributed by atoms with E-state index in [9.17, 15) is 0 Å². The molecule has 134 valence electrons. The molecule has 2 heteroatoms. The van der Waals surface area contributed by atoms with Gasteiger partial charge in [-0.3, -0.25) is 0 Å². The van der Waals surface area contributed by atoms with Gasteiger partial charge in [0.25, 0.3) is 0 Å². The number of hydrogen-bond donors (Lipinski definition) is 0. The number of rotatable bonds is 7. The minimum Gasteiger partial charge on any atom is -0.497 e. The average molecular weight is 338 g/mol. The lowest BCUT2D eigenvalue weighted by Crippen LogP contribution is -2.20. The minimum atomic E-state index is 0.271. The molecular weight excluding hydrogens is 308 g/mol. The largest absolute Gasteiger partial charge is 0.497 e. The molecule has 2 aromatic rings. The van der Waals surface area contributed by atoms with Crippen molar-refractivity contribution >= 4 is 0 Å². The SMILES string of the molecule is CCCCCC1CCC(c2ccc(-c3ccc(OC)cc3)cc2)OC1. The van der Waals surface area contributed by atoms with Crippen molar-refractivity contribution in [2.75, 3.05) is 13.7 Å². The van der Waals surface area contributed by atoms with Gasteiger partial charge in [-0.2, -0.15) is 0 Å². The van der Waals surface area contributed by atoms with Gasteiger partial charge in [-0.25, -0.2) is 0 Å². The van der Waals surface area contributed by atoms with E-state index in [-0.39, 0.29) is 6.10 Å². The maximum absolute atomic E-state index is 6.17. The maximum Gasteiger partial charge on any atom is 0.118 e. The number of ether oxygens (including phenoxy) is 2. The molecule has 2 nitrogen and oxygen atoms in total. The molecule has 1 aliphatic rings. The van der Waals surface area contributed by atoms with Crippen molar-refractivity contribution in [2.24, 2.45) is 5.92 Å². The molecule has 0 amide bonds. The van der Waals surface area contributed by atoms with Gasteiger partial charge in [0.05, 0.1) is 19.8 Å². The number of benzene rings is 2. The van der Waals surface area contributed by atoms with Crippen molar-refractivity contribution in [2.45, 2.75) is 51.6 Å². The fourth-order valence-electron chi connectivity index (χ4n) is 3.65. The Balaban J connectivity index is 1.56. The first-order valence-corrected chi connectivity index (χ1v) is 9.66. The molecule has 25 heavy (non-hydrogen) atoms. The molecule has 2 unspecified atom stereocenters. The lowest BCUT2D eigenvalue weighted by molar-refractivity contribution is -0.0198. The zero-order chi connectivity index (χ0) is 17.5. The van der Waals surface area contributed by atoms with E-state index in [4.69, 9.17) is 9.47 Å². The van der Waals surface area contributed by atoms with Crippen LogP contribution in [0.4, 0.5) is 0 Å². The summed E-state index contributed by atoms with van der Waals surface area (Å²) in [4.78, 5) is 0. The van der Waals surface area contributed by atoms with Gasteiger partial charge in [-0.1, -0.05) is 62.6 Å². The monoisotopic (exact) mass is 338 g/mol. The molecular formula is C23H30O2. The predicted molar refractivity (Wildman–Crippen MR) is 104 cm³/mol. The third kappa shape index (κ3) is 4.85. The minimum absolute atomic E-state index is 0.271. The summed E-state index contributed by atoms with van der Waals surface area (Å²) >= 11 is 0. The van der Waals surface area contributed by atoms with E-state index in [1.54, 1.807) is 7.11 Å². The first-order valence-electron chi connectivity index (χ1n) is 9.66. The second kappa shape index (κ2) is 9.05. The topological polar surface area (TPSA) is 18.5 Å². The quantitative estimate of drug-likeness (QED) is 0.543. The van der Waals surface area contributed by atoms with Gasteiger partial charge in [0.2, 0.25) is 0 Å². The van der Waals surface area contributed by atoms with E-state index in [2.05, 4.69) is 43.3 Å². The van der Waals surface area contributed by atoms with Crippen LogP contribution in [0.25, 0.3) is 11.1 Å². The lowest BCUT2D eigenvalue weighted by atomic mass is 9.90. The molecule has 3 rings (SSSR count). The smallest absolute Gasteiger partial charge is 0.118 e. The molecule has 0 N–H and O–H groups in total. The van der Waals surface area contributed by atoms with E-state index in [0.29, 0.717) is 0 Å². The Hall–Kier alpha value is -1.80. The van der Waals surface area contributed by atoms with Crippen molar-refractivity contribution in [3.05, 3.63) is 54.1 Å². The number of unbranched alkanes of at least 4 members (excludes halogenated alkanes) is 2. The highest BCUT2D eigenvalue weighted by molar-refractivity contribution is 5.64. The van der Waals surface area contributed by atoms with Gasteiger partial charge in [0.15, 0.2) is 0 Å². The van der Waals surface area contributed by atoms with E-state index < -0.39 is 0 Å². The van der Waals surface area contributed by atoms with Crippen LogP contribution in [0.3, 0.4) is 0 Å². The first kappa shape index (κ1) is 18.0. The second-order valence-corrected chi connectivity index (χ2v) is 7.11. The molecule has 0 bridgehead atoms. The summed E-state index contributed by atoms with van der Waals surface area (Å²) in [6, 6.07) is 17.1. The van der Waals surface area contributed by atoms with Crippen molar-refractivity contribution in [1.29, 1.82) is 0 Å². The summed E-state index contributed by atoms with van der Waals surface area (Å²) in [5.41, 5.74) is 3.76. The first-order chi connectivity index (χ1) is 12.3. The summed E-state index contributed by atoms with van der Waals surface area (Å²) in [6.07, 6.45) is 8.06. The van der Waals surface area contributed by atoms with Gasteiger partial charge in [-0.05, 0) is 54.0 Å². The molecule has 1 heterocycles. The molecule has 0 aliphatic carbocycles. The zero-order valence-electron chi connectivity index (χ0n) is 15.5. The normalized spacial score (nSPS) is 20.4. The Kier molecular flexibility index (Phi) is 6.52. The highest BCUT2D eigenvalue weighted by atomic mass is 16.5. The van der Waals surface area contributed by atoms with Crippen molar-refractivity contribution in [3.63, 3.8) is 0 Å². The van der Waals surface area contributed by atoms with E-state index in [0.717, 1.165) is 24.7 Å². The van der Waals surface area contributed by atoms with Gasteiger partial charge in [0, 0.05) is 0 Å². The summed E-state index contributed by atoms with van der Waals surface area (Å²) in [6.45, 7) is 3.19. The predicted octanol–water partition coefficient (Wildman–Crippen LogP) is 6.41. The molecule has 0 saturated carbocycles. The second-order valence-electron chi connectivity index (χ2n) is 7.11. The summed E-state index contributed by atoms with van der Waals surface area (Å²) in [5, 5.41) is 0. The Bertz CT molecular complexity index is 622. The van der Waals surface area contributed by atoms with Crippen LogP contribution in [0.1, 0.15) is 57.1 Å². The standard InChI is InChI=1S/C23H30O2/c1-3-4-5-6-18-7-16-23(25-17-18)21-10-8-19(9-11-21)20-12-14-22(24-2)15-13-20/h8-15,18,23H,3-7,16-17H2,1-2H3. The van der Waals surface area contributed by atoms with Crippen LogP contribution in [-0.2, 0) is 4.74 Å². The van der Waals surface area contributed by atoms with E-state index >= 15 is 0 Å². The molecule has 0 spiro atoms. The molecule has 0 aromatic heterocycles. The van der Waals surface area contributed by atoms with Crippen molar-refractivity contribution < 1.29 is 9.47 Å². The summed E-state index contributed by atoms with van der Waals surface area (Å²) in [7, 11) is 1.70. The maximum atomic E-state index is 6.17. The lowest BCUT2D eigenvalue weighted by Gasteiger charge is -2.29. The van der Waals surface area contributed by atoms with Crippen LogP contribution >= 0.6 is 0 Å². The highest BCUT2D eigenvalue weighted by Crippen LogP contribution is 2.33. The molecule has 0 radical (unpaired) electrons. The zero-order valence-corrected chi connectivity index (χ0v) is 15.5. The third-order valence-corrected chi connectivity index (χ3v) is 5.29. The Morgan fingerprint density at radius 3 is 2.16 bits per heavy atom. The van der Waals surface area contributed by atoms with Crippen LogP contribution in [-0.4, -0.2) is 13.7 Å². The fraction of sp³-hybridized carbons (Fsp3) is 0.478. The number of methoxy groups -OCH3 is 1. The molecule has 1 fully saturated rings. The van der Waals surface area contributed by atoms with Crippen LogP contribution < -0.4 is 4.74 Å². The van der Waals surface area contributed by atoms with Gasteiger partial charge in [-0.15, -0.1) is 0 Å². The van der Waals surface area contributed by atoms with Crippen molar-refractivity contribution in [3.8, 4) is 16.9 Å². The summed E-state index contributed by atoms with van der Waals surface area (Å²) < 4.78 is 11.4. The molecule has 2 aromatic carbocycles. The van der Waals surface area contributed by atoms with Crippen LogP contribution in [0.2, 0.25) is 0 Å². The molecule has 2 atom stereocenters. The van der Waals surface area contributed by atoms with E-state index in [1.165, 1.54) is 48.8 Å². The molecule has 1 saturated heterocycles. The Morgan fingerprint density at radius 2 is 1.60 bits per heavy atom. The van der Waals surface area contributed by atoms with Crippen LogP contribution in [0.15, 0.2) is 48.5 Å². The van der Waals surface area contributed by atoms with Crippen LogP contribution in [0.5, 0.6) is 5.75 Å². The van der Waals surface area contributed by atoms with Crippen molar-refractivity contribution in [1.82, 2.24) is 0 Å². The fourth-order valence-corrected chi connectivity index (χ4v) is 3.65. The van der Waals surface area contributed by atoms with Gasteiger partial charge < -0.3 is 9.47 Å². The Morgan fingerprint density at radius 1 is 0.920 bits per heavy atom. The average Bonchev–Trinajstić information content (AvgIpc) is 2.69. The molecule has 1 aliphatic heterocycles. The third-order valence-electron chi connectivity index (χ3n) is 5.29. The van der Waals surface area contributed by atoms with Gasteiger partial charge >= 0.3 is 0 Å². The van der Waals surface area contributed by atoms with Crippen LogP contribution in [0, 0.1) is 5.92 Å². The summed E-state index contributed by atoms with van der Waals surface area (Å²) in [5.74, 6) is 1.66. The van der Waals surface area contributed by atoms with Gasteiger partial charge in [0.1, 0.15) is 5.75 Å².